The summed E-state index contributed by atoms with van der Waals surface area (Å²) in [4.78, 5) is 0. The molecule has 0 amide bonds. The van der Waals surface area contributed by atoms with Crippen molar-refractivity contribution in [2.24, 2.45) is 0 Å². The Balaban J connectivity index is 0. The molecule has 0 fully saturated rings. The number of aliphatic hydroxyl groups excluding tert-OH is 2. The maximum atomic E-state index is 8.72. The summed E-state index contributed by atoms with van der Waals surface area (Å²) in [7, 11) is 0. The predicted molar refractivity (Wildman–Crippen MR) is 22.4 cm³/mol. The van der Waals surface area contributed by atoms with Crippen LogP contribution in [0.4, 0.5) is 0 Å². The fourth-order valence-electron chi connectivity index (χ4n) is 0. The summed E-state index contributed by atoms with van der Waals surface area (Å²) in [5.41, 5.74) is 0. The molecule has 0 aromatic carbocycles. The van der Waals surface area contributed by atoms with Gasteiger partial charge in [0.05, 0.1) is 12.7 Å². The molecule has 0 heterocycles. The molecule has 0 radical (unpaired) electrons. The maximum absolute atomic E-state index is 8.72. The molecule has 0 aromatic rings. The van der Waals surface area contributed by atoms with E-state index in [0.717, 1.165) is 0 Å². The topological polar surface area (TPSA) is 94.8 Å². The Morgan fingerprint density at radius 3 is 1.67 bits per heavy atom. The zero-order chi connectivity index (χ0) is 7.86. The van der Waals surface area contributed by atoms with Crippen LogP contribution in [-0.4, -0.2) is 26.7 Å². The quantitative estimate of drug-likeness (QED) is 0.552. The zero-order valence-electron chi connectivity index (χ0n) is 4.85. The van der Waals surface area contributed by atoms with Crippen LogP contribution in [0.1, 0.15) is 6.92 Å². The molecule has 6 heteroatoms. The van der Waals surface area contributed by atoms with E-state index in [1.165, 1.54) is 6.92 Å². The molecule has 0 rings (SSSR count). The predicted octanol–water partition coefficient (Wildman–Crippen LogP) is -1.44. The van der Waals surface area contributed by atoms with Crippen molar-refractivity contribution in [3.63, 3.8) is 0 Å². The molecule has 0 spiro atoms. The summed E-state index contributed by atoms with van der Waals surface area (Å²) in [6, 6.07) is 0. The molecular weight excluding hydrogens is 300 g/mol. The fourth-order valence-corrected chi connectivity index (χ4v) is 0. The van der Waals surface area contributed by atoms with Crippen molar-refractivity contribution >= 4 is 0 Å². The van der Waals surface area contributed by atoms with Crippen molar-refractivity contribution in [3.8, 4) is 0 Å². The van der Waals surface area contributed by atoms with E-state index in [0.29, 0.717) is 0 Å². The van der Waals surface area contributed by atoms with Crippen LogP contribution in [0.3, 0.4) is 0 Å². The van der Waals surface area contributed by atoms with E-state index in [4.69, 9.17) is 20.8 Å². The van der Waals surface area contributed by atoms with E-state index in [1.807, 2.05) is 0 Å². The van der Waals surface area contributed by atoms with Gasteiger partial charge in [0.2, 0.25) is 0 Å². The van der Waals surface area contributed by atoms with Gasteiger partial charge in [-0.1, -0.05) is 0 Å². The second kappa shape index (κ2) is 8.17. The van der Waals surface area contributed by atoms with E-state index in [-0.39, 0.29) is 6.61 Å². The van der Waals surface area contributed by atoms with Crippen LogP contribution in [0, 0.1) is 0 Å². The Morgan fingerprint density at radius 2 is 1.67 bits per heavy atom. The second-order valence-electron chi connectivity index (χ2n) is 1.25. The van der Waals surface area contributed by atoms with Gasteiger partial charge in [0.25, 0.3) is 0 Å². The van der Waals surface area contributed by atoms with E-state index in [1.54, 1.807) is 0 Å². The molecule has 3 N–H and O–H groups in total. The van der Waals surface area contributed by atoms with Crippen LogP contribution >= 0.6 is 0 Å². The first-order valence-electron chi connectivity index (χ1n) is 2.08. The first-order valence-corrected chi connectivity index (χ1v) is 5.78. The van der Waals surface area contributed by atoms with Crippen molar-refractivity contribution < 1.29 is 38.4 Å². The van der Waals surface area contributed by atoms with Gasteiger partial charge in [-0.3, -0.25) is 0 Å². The molecule has 1 atom stereocenters. The molecule has 0 saturated heterocycles. The van der Waals surface area contributed by atoms with Crippen LogP contribution in [0.5, 0.6) is 0 Å². The van der Waals surface area contributed by atoms with Crippen LogP contribution in [0.2, 0.25) is 0 Å². The molecule has 0 saturated carbocycles. The Hall–Kier alpha value is 0.168. The summed E-state index contributed by atoms with van der Waals surface area (Å²) in [6.07, 6.45) is -0.560. The third kappa shape index (κ3) is 66.1. The van der Waals surface area contributed by atoms with Gasteiger partial charge in [-0.2, -0.15) is 0 Å². The molecule has 1 unspecified atom stereocenters. The average molecular weight is 309 g/mol. The Labute approximate surface area is 58.6 Å². The Bertz CT molecular complexity index is 98.8. The zero-order valence-corrected chi connectivity index (χ0v) is 7.78. The van der Waals surface area contributed by atoms with Crippen LogP contribution in [0.15, 0.2) is 0 Å². The first-order chi connectivity index (χ1) is 4.00. The summed E-state index contributed by atoms with van der Waals surface area (Å²) in [5.74, 6) is 0. The van der Waals surface area contributed by atoms with E-state index >= 15 is 0 Å². The fraction of sp³-hybridized carbons (Fsp3) is 1.00. The number of aliphatic hydroxyl groups is 2. The van der Waals surface area contributed by atoms with Gasteiger partial charge in [0.1, 0.15) is 0 Å². The molecular formula is C3H9O5W. The van der Waals surface area contributed by atoms with Crippen molar-refractivity contribution in [2.45, 2.75) is 13.0 Å². The third-order valence-corrected chi connectivity index (χ3v) is 0.264. The second-order valence-corrected chi connectivity index (χ2v) is 2.81. The summed E-state index contributed by atoms with van der Waals surface area (Å²) < 4.78 is 24.6. The molecule has 0 aliphatic carbocycles. The third-order valence-electron chi connectivity index (χ3n) is 0.264. The van der Waals surface area contributed by atoms with Crippen molar-refractivity contribution in [3.05, 3.63) is 0 Å². The minimum absolute atomic E-state index is 0.139. The number of hydrogen-bond donors (Lipinski definition) is 3. The molecule has 57 valence electrons. The SMILES string of the molecule is CC(O)CO.[O]=[W](=[O])[OH]. The van der Waals surface area contributed by atoms with Crippen molar-refractivity contribution in [2.75, 3.05) is 6.61 Å². The standard InChI is InChI=1S/C3H8O2.H2O.2O.W/c1-3(5)2-4;;;;/h3-5H,2H2,1H3;1H2;;;/q;;;;+1/p-1. The van der Waals surface area contributed by atoms with Gasteiger partial charge >= 0.3 is 28.2 Å². The average Bonchev–Trinajstić information content (AvgIpc) is 1.65. The van der Waals surface area contributed by atoms with Crippen LogP contribution < -0.4 is 0 Å². The summed E-state index contributed by atoms with van der Waals surface area (Å²) in [6.45, 7) is 1.39. The van der Waals surface area contributed by atoms with E-state index in [2.05, 4.69) is 0 Å². The normalized spacial score (nSPS) is 11.1. The van der Waals surface area contributed by atoms with E-state index < -0.39 is 23.7 Å². The molecule has 5 nitrogen and oxygen atoms in total. The van der Waals surface area contributed by atoms with Gasteiger partial charge in [0, 0.05) is 0 Å². The number of hydrogen-bond acceptors (Lipinski definition) is 4. The molecule has 0 aliphatic rings. The molecule has 0 aliphatic heterocycles. The van der Waals surface area contributed by atoms with Gasteiger partial charge in [-0.15, -0.1) is 0 Å². The first kappa shape index (κ1) is 11.9. The van der Waals surface area contributed by atoms with Gasteiger partial charge in [-0.25, -0.2) is 0 Å². The molecule has 9 heavy (non-hydrogen) atoms. The van der Waals surface area contributed by atoms with Crippen LogP contribution in [0.25, 0.3) is 0 Å². The summed E-state index contributed by atoms with van der Waals surface area (Å²) >= 11 is -4.03. The molecule has 0 bridgehead atoms. The van der Waals surface area contributed by atoms with E-state index in [9.17, 15) is 0 Å². The monoisotopic (exact) mass is 309 g/mol. The van der Waals surface area contributed by atoms with Gasteiger partial charge < -0.3 is 10.2 Å². The molecule has 0 aromatic heterocycles. The Morgan fingerprint density at radius 1 is 1.56 bits per heavy atom. The van der Waals surface area contributed by atoms with Gasteiger partial charge in [-0.05, 0) is 6.92 Å². The minimum atomic E-state index is -4.03. The number of rotatable bonds is 1. The Kier molecular flexibility index (Phi) is 10.8. The van der Waals surface area contributed by atoms with Gasteiger partial charge in [0.15, 0.2) is 0 Å². The van der Waals surface area contributed by atoms with Crippen molar-refractivity contribution in [1.29, 1.82) is 0 Å². The summed E-state index contributed by atoms with van der Waals surface area (Å²) in [5, 5.41) is 16.0. The van der Waals surface area contributed by atoms with Crippen LogP contribution in [-0.2, 0) is 24.4 Å². The van der Waals surface area contributed by atoms with Crippen molar-refractivity contribution in [1.82, 2.24) is 0 Å².